The maximum absolute atomic E-state index is 12.3. The van der Waals surface area contributed by atoms with Gasteiger partial charge in [0.1, 0.15) is 0 Å². The van der Waals surface area contributed by atoms with Crippen LogP contribution in [0.5, 0.6) is 0 Å². The van der Waals surface area contributed by atoms with Crippen molar-refractivity contribution in [1.82, 2.24) is 5.32 Å². The van der Waals surface area contributed by atoms with Crippen molar-refractivity contribution < 1.29 is 8.42 Å². The van der Waals surface area contributed by atoms with E-state index in [1.165, 1.54) is 0 Å². The number of sulfonamides is 1. The number of rotatable bonds is 6. The second-order valence-electron chi connectivity index (χ2n) is 5.24. The van der Waals surface area contributed by atoms with Gasteiger partial charge < -0.3 is 5.32 Å². The Labute approximate surface area is 137 Å². The van der Waals surface area contributed by atoms with E-state index >= 15 is 0 Å². The Morgan fingerprint density at radius 1 is 1.30 bits per heavy atom. The third-order valence-corrected chi connectivity index (χ3v) is 6.20. The van der Waals surface area contributed by atoms with Gasteiger partial charge in [-0.2, -0.15) is 0 Å². The Bertz CT molecular complexity index is 577. The first-order valence-corrected chi connectivity index (χ1v) is 9.63. The molecule has 0 amide bonds. The van der Waals surface area contributed by atoms with E-state index in [4.69, 9.17) is 0 Å². The molecule has 1 atom stereocenters. The summed E-state index contributed by atoms with van der Waals surface area (Å²) in [6, 6.07) is 4.27. The highest BCUT2D eigenvalue weighted by Crippen LogP contribution is 2.33. The number of halogens is 2. The van der Waals surface area contributed by atoms with Crippen molar-refractivity contribution in [1.29, 1.82) is 0 Å². The Morgan fingerprint density at radius 2 is 1.85 bits per heavy atom. The molecular weight excluding hydrogens is 408 g/mol. The monoisotopic (exact) mass is 424 g/mol. The summed E-state index contributed by atoms with van der Waals surface area (Å²) >= 11 is 6.80. The van der Waals surface area contributed by atoms with Crippen LogP contribution >= 0.6 is 31.9 Å². The molecule has 0 aromatic heterocycles. The van der Waals surface area contributed by atoms with E-state index in [2.05, 4.69) is 41.9 Å². The summed E-state index contributed by atoms with van der Waals surface area (Å²) in [6.07, 6.45) is 2.30. The van der Waals surface area contributed by atoms with E-state index in [0.717, 1.165) is 27.4 Å². The minimum absolute atomic E-state index is 0.473. The van der Waals surface area contributed by atoms with Crippen molar-refractivity contribution in [2.24, 2.45) is 0 Å². The zero-order valence-corrected chi connectivity index (χ0v) is 15.4. The van der Waals surface area contributed by atoms with Gasteiger partial charge >= 0.3 is 0 Å². The topological polar surface area (TPSA) is 58.2 Å². The summed E-state index contributed by atoms with van der Waals surface area (Å²) in [5.41, 5.74) is 1.60. The molecule has 20 heavy (non-hydrogen) atoms. The summed E-state index contributed by atoms with van der Waals surface area (Å²) in [5, 5.41) is 2.76. The van der Waals surface area contributed by atoms with Crippen LogP contribution in [0, 0.1) is 6.92 Å². The van der Waals surface area contributed by atoms with Crippen molar-refractivity contribution in [2.45, 2.75) is 38.0 Å². The standard InChI is InChI=1S/C13H18Br2N2O2S/c1-8-5-11(14)13(12(15)6-8)17-20(18,19)9(2)7-16-10-3-4-10/h5-6,9-10,16-17H,3-4,7H2,1-2H3. The number of benzene rings is 1. The molecule has 1 saturated carbocycles. The summed E-state index contributed by atoms with van der Waals surface area (Å²) in [7, 11) is -3.41. The van der Waals surface area contributed by atoms with E-state index in [0.29, 0.717) is 18.3 Å². The zero-order chi connectivity index (χ0) is 14.9. The minimum Gasteiger partial charge on any atom is -0.313 e. The first-order valence-electron chi connectivity index (χ1n) is 6.50. The molecule has 7 heteroatoms. The lowest BCUT2D eigenvalue weighted by Gasteiger charge is -2.17. The van der Waals surface area contributed by atoms with Crippen molar-refractivity contribution in [2.75, 3.05) is 11.3 Å². The zero-order valence-electron chi connectivity index (χ0n) is 11.4. The van der Waals surface area contributed by atoms with Crippen LogP contribution < -0.4 is 10.0 Å². The SMILES string of the molecule is Cc1cc(Br)c(NS(=O)(=O)C(C)CNC2CC2)c(Br)c1. The highest BCUT2D eigenvalue weighted by molar-refractivity contribution is 9.11. The van der Waals surface area contributed by atoms with Crippen molar-refractivity contribution in [3.63, 3.8) is 0 Å². The average molecular weight is 426 g/mol. The number of aryl methyl sites for hydroxylation is 1. The number of hydrogen-bond donors (Lipinski definition) is 2. The van der Waals surface area contributed by atoms with Crippen LogP contribution in [0.25, 0.3) is 0 Å². The van der Waals surface area contributed by atoms with Crippen molar-refractivity contribution in [3.05, 3.63) is 26.6 Å². The fourth-order valence-electron chi connectivity index (χ4n) is 1.77. The van der Waals surface area contributed by atoms with E-state index in [1.54, 1.807) is 6.92 Å². The van der Waals surface area contributed by atoms with Crippen molar-refractivity contribution in [3.8, 4) is 0 Å². The summed E-state index contributed by atoms with van der Waals surface area (Å²) < 4.78 is 28.8. The molecule has 1 aromatic carbocycles. The largest absolute Gasteiger partial charge is 0.313 e. The van der Waals surface area contributed by atoms with Gasteiger partial charge in [0, 0.05) is 21.5 Å². The van der Waals surface area contributed by atoms with Gasteiger partial charge in [-0.3, -0.25) is 4.72 Å². The maximum Gasteiger partial charge on any atom is 0.236 e. The minimum atomic E-state index is -3.41. The van der Waals surface area contributed by atoms with Crippen LogP contribution in [0.2, 0.25) is 0 Å². The molecule has 0 aliphatic heterocycles. The van der Waals surface area contributed by atoms with E-state index in [9.17, 15) is 8.42 Å². The molecule has 4 nitrogen and oxygen atoms in total. The van der Waals surface area contributed by atoms with Crippen LogP contribution in [0.3, 0.4) is 0 Å². The van der Waals surface area contributed by atoms with Gasteiger partial charge in [-0.15, -0.1) is 0 Å². The van der Waals surface area contributed by atoms with Crippen LogP contribution in [-0.4, -0.2) is 26.3 Å². The lowest BCUT2D eigenvalue weighted by atomic mass is 10.2. The molecule has 1 aromatic rings. The molecule has 1 unspecified atom stereocenters. The average Bonchev–Trinajstić information content (AvgIpc) is 3.14. The van der Waals surface area contributed by atoms with Crippen LogP contribution in [-0.2, 0) is 10.0 Å². The molecular formula is C13H18Br2N2O2S. The number of nitrogens with one attached hydrogen (secondary N) is 2. The lowest BCUT2D eigenvalue weighted by molar-refractivity contribution is 0.576. The second-order valence-corrected chi connectivity index (χ2v) is 9.05. The van der Waals surface area contributed by atoms with Gasteiger partial charge in [-0.1, -0.05) is 0 Å². The Kier molecular flexibility index (Phi) is 5.15. The lowest BCUT2D eigenvalue weighted by Crippen LogP contribution is -2.35. The van der Waals surface area contributed by atoms with E-state index < -0.39 is 15.3 Å². The van der Waals surface area contributed by atoms with Gasteiger partial charge in [-0.05, 0) is 76.2 Å². The fourth-order valence-corrected chi connectivity index (χ4v) is 4.67. The number of anilines is 1. The molecule has 2 N–H and O–H groups in total. The normalized spacial score (nSPS) is 17.0. The van der Waals surface area contributed by atoms with E-state index in [1.807, 2.05) is 19.1 Å². The predicted octanol–water partition coefficient (Wildman–Crippen LogP) is 3.40. The Morgan fingerprint density at radius 3 is 2.35 bits per heavy atom. The maximum atomic E-state index is 12.3. The molecule has 1 aliphatic rings. The van der Waals surface area contributed by atoms with Gasteiger partial charge in [0.25, 0.3) is 0 Å². The number of hydrogen-bond acceptors (Lipinski definition) is 3. The smallest absolute Gasteiger partial charge is 0.236 e. The fraction of sp³-hybridized carbons (Fsp3) is 0.538. The third-order valence-electron chi connectivity index (χ3n) is 3.23. The van der Waals surface area contributed by atoms with Crippen LogP contribution in [0.1, 0.15) is 25.3 Å². The molecule has 1 aliphatic carbocycles. The third kappa shape index (κ3) is 4.19. The first-order chi connectivity index (χ1) is 9.29. The Balaban J connectivity index is 2.10. The van der Waals surface area contributed by atoms with Gasteiger partial charge in [0.2, 0.25) is 10.0 Å². The molecule has 0 radical (unpaired) electrons. The second kappa shape index (κ2) is 6.34. The van der Waals surface area contributed by atoms with Crippen LogP contribution in [0.4, 0.5) is 5.69 Å². The molecule has 0 spiro atoms. The van der Waals surface area contributed by atoms with Gasteiger partial charge in [0.15, 0.2) is 0 Å². The molecule has 0 bridgehead atoms. The van der Waals surface area contributed by atoms with E-state index in [-0.39, 0.29) is 0 Å². The van der Waals surface area contributed by atoms with Crippen LogP contribution in [0.15, 0.2) is 21.1 Å². The quantitative estimate of drug-likeness (QED) is 0.734. The molecule has 0 heterocycles. The summed E-state index contributed by atoms with van der Waals surface area (Å²) in [6.45, 7) is 4.14. The molecule has 2 rings (SSSR count). The molecule has 112 valence electrons. The predicted molar refractivity (Wildman–Crippen MR) is 89.6 cm³/mol. The summed E-state index contributed by atoms with van der Waals surface area (Å²) in [4.78, 5) is 0. The van der Waals surface area contributed by atoms with Gasteiger partial charge in [0.05, 0.1) is 10.9 Å². The Hall–Kier alpha value is -0.110. The van der Waals surface area contributed by atoms with Gasteiger partial charge in [-0.25, -0.2) is 8.42 Å². The molecule has 1 fully saturated rings. The van der Waals surface area contributed by atoms with Crippen molar-refractivity contribution >= 4 is 47.6 Å². The highest BCUT2D eigenvalue weighted by atomic mass is 79.9. The molecule has 0 saturated heterocycles. The summed E-state index contributed by atoms with van der Waals surface area (Å²) in [5.74, 6) is 0. The highest BCUT2D eigenvalue weighted by Gasteiger charge is 2.26. The first kappa shape index (κ1) is 16.3.